The van der Waals surface area contributed by atoms with Crippen molar-refractivity contribution in [3.05, 3.63) is 48.9 Å². The zero-order valence-corrected chi connectivity index (χ0v) is 6.38. The van der Waals surface area contributed by atoms with Crippen LogP contribution in [0.25, 0.3) is 0 Å². The van der Waals surface area contributed by atoms with Crippen molar-refractivity contribution in [3.63, 3.8) is 0 Å². The SMILES string of the molecule is C=C/C=C/[Si]/C=C/C=C. The molecule has 46 valence electrons. The summed E-state index contributed by atoms with van der Waals surface area (Å²) in [5, 5.41) is 0. The van der Waals surface area contributed by atoms with Gasteiger partial charge in [-0.25, -0.2) is 0 Å². The van der Waals surface area contributed by atoms with Gasteiger partial charge in [0.1, 0.15) is 9.52 Å². The lowest BCUT2D eigenvalue weighted by Crippen LogP contribution is -1.73. The van der Waals surface area contributed by atoms with E-state index < -0.39 is 0 Å². The predicted octanol–water partition coefficient (Wildman–Crippen LogP) is 2.09. The molecule has 0 rings (SSSR count). The van der Waals surface area contributed by atoms with Gasteiger partial charge in [0.05, 0.1) is 0 Å². The molecule has 0 unspecified atom stereocenters. The Kier molecular flexibility index (Phi) is 6.52. The quantitative estimate of drug-likeness (QED) is 0.408. The average molecular weight is 134 g/mol. The van der Waals surface area contributed by atoms with Crippen LogP contribution in [0.2, 0.25) is 0 Å². The molecule has 0 aliphatic rings. The second-order valence-electron chi connectivity index (χ2n) is 1.36. The second-order valence-corrected chi connectivity index (χ2v) is 2.36. The molecule has 0 atom stereocenters. The van der Waals surface area contributed by atoms with E-state index in [1.54, 1.807) is 12.2 Å². The third-order valence-electron chi connectivity index (χ3n) is 0.657. The maximum absolute atomic E-state index is 3.55. The predicted molar refractivity (Wildman–Crippen MR) is 44.4 cm³/mol. The maximum atomic E-state index is 3.55. The zero-order chi connectivity index (χ0) is 6.95. The number of hydrogen-bond donors (Lipinski definition) is 0. The van der Waals surface area contributed by atoms with E-state index in [1.807, 2.05) is 12.2 Å². The van der Waals surface area contributed by atoms with Gasteiger partial charge in [0, 0.05) is 0 Å². The normalized spacial score (nSPS) is 10.7. The summed E-state index contributed by atoms with van der Waals surface area (Å²) in [5.41, 5.74) is 4.12. The van der Waals surface area contributed by atoms with Crippen molar-refractivity contribution in [2.45, 2.75) is 0 Å². The molecule has 0 aliphatic carbocycles. The molecule has 0 aromatic heterocycles. The van der Waals surface area contributed by atoms with Crippen molar-refractivity contribution in [2.75, 3.05) is 0 Å². The molecule has 0 heterocycles. The Morgan fingerprint density at radius 2 is 1.33 bits per heavy atom. The molecule has 0 bridgehead atoms. The molecule has 0 saturated heterocycles. The molecule has 0 amide bonds. The fourth-order valence-corrected chi connectivity index (χ4v) is 0.908. The summed E-state index contributed by atoms with van der Waals surface area (Å²) in [4.78, 5) is 0. The largest absolute Gasteiger partial charge is 0.101 e. The number of hydrogen-bond acceptors (Lipinski definition) is 0. The lowest BCUT2D eigenvalue weighted by Gasteiger charge is -1.73. The van der Waals surface area contributed by atoms with Gasteiger partial charge >= 0.3 is 0 Å². The molecule has 0 saturated carbocycles. The molecule has 0 N–H and O–H groups in total. The first kappa shape index (κ1) is 8.18. The second kappa shape index (κ2) is 7.18. The van der Waals surface area contributed by atoms with Gasteiger partial charge in [-0.1, -0.05) is 48.9 Å². The van der Waals surface area contributed by atoms with Crippen LogP contribution in [-0.4, -0.2) is 9.52 Å². The van der Waals surface area contributed by atoms with Gasteiger partial charge in [-0.3, -0.25) is 0 Å². The fourth-order valence-electron chi connectivity index (χ4n) is 0.303. The van der Waals surface area contributed by atoms with E-state index in [0.717, 1.165) is 9.52 Å². The molecule has 0 spiro atoms. The summed E-state index contributed by atoms with van der Waals surface area (Å²) < 4.78 is 0. The molecule has 0 aromatic rings. The highest BCUT2D eigenvalue weighted by atomic mass is 28.2. The van der Waals surface area contributed by atoms with Crippen molar-refractivity contribution in [1.29, 1.82) is 0 Å². The van der Waals surface area contributed by atoms with E-state index in [-0.39, 0.29) is 0 Å². The standard InChI is InChI=1S/C8H10Si/c1-3-5-7-9-8-6-4-2/h3-8H,1-2H2/b7-5+,8-6+. The van der Waals surface area contributed by atoms with Crippen LogP contribution in [0, 0.1) is 0 Å². The lowest BCUT2D eigenvalue weighted by molar-refractivity contribution is 2.06. The Balaban J connectivity index is 3.27. The number of allylic oxidation sites excluding steroid dienone is 4. The molecule has 9 heavy (non-hydrogen) atoms. The molecular weight excluding hydrogens is 124 g/mol. The van der Waals surface area contributed by atoms with Gasteiger partial charge in [0.2, 0.25) is 0 Å². The lowest BCUT2D eigenvalue weighted by atomic mass is 10.6. The first-order valence-corrected chi connectivity index (χ1v) is 3.88. The minimum Gasteiger partial charge on any atom is -0.0991 e. The minimum atomic E-state index is 0.742. The van der Waals surface area contributed by atoms with Crippen LogP contribution >= 0.6 is 0 Å². The molecule has 0 aromatic carbocycles. The average Bonchev–Trinajstić information content (AvgIpc) is 1.89. The van der Waals surface area contributed by atoms with Crippen LogP contribution in [0.5, 0.6) is 0 Å². The Morgan fingerprint density at radius 1 is 0.889 bits per heavy atom. The van der Waals surface area contributed by atoms with Gasteiger partial charge in [-0.2, -0.15) is 0 Å². The molecule has 0 aliphatic heterocycles. The Hall–Kier alpha value is -0.823. The van der Waals surface area contributed by atoms with Crippen molar-refractivity contribution in [2.24, 2.45) is 0 Å². The van der Waals surface area contributed by atoms with E-state index in [4.69, 9.17) is 0 Å². The molecule has 2 radical (unpaired) electrons. The maximum Gasteiger partial charge on any atom is 0.101 e. The van der Waals surface area contributed by atoms with Gasteiger partial charge in [-0.05, 0) is 0 Å². The van der Waals surface area contributed by atoms with Crippen LogP contribution in [-0.2, 0) is 0 Å². The van der Waals surface area contributed by atoms with Crippen molar-refractivity contribution < 1.29 is 0 Å². The molecule has 1 heteroatoms. The smallest absolute Gasteiger partial charge is 0.0991 e. The van der Waals surface area contributed by atoms with Crippen molar-refractivity contribution >= 4 is 9.52 Å². The van der Waals surface area contributed by atoms with Crippen LogP contribution in [0.15, 0.2) is 48.9 Å². The summed E-state index contributed by atoms with van der Waals surface area (Å²) in [7, 11) is 0.742. The zero-order valence-electron chi connectivity index (χ0n) is 5.38. The monoisotopic (exact) mass is 134 g/mol. The minimum absolute atomic E-state index is 0.742. The first-order chi connectivity index (χ1) is 4.41. The fraction of sp³-hybridized carbons (Fsp3) is 0. The summed E-state index contributed by atoms with van der Waals surface area (Å²) in [6, 6.07) is 0. The van der Waals surface area contributed by atoms with E-state index in [1.165, 1.54) is 0 Å². The topological polar surface area (TPSA) is 0 Å². The van der Waals surface area contributed by atoms with Crippen LogP contribution in [0.4, 0.5) is 0 Å². The van der Waals surface area contributed by atoms with Gasteiger partial charge in [0.15, 0.2) is 0 Å². The van der Waals surface area contributed by atoms with E-state index in [0.29, 0.717) is 0 Å². The van der Waals surface area contributed by atoms with Crippen molar-refractivity contribution in [3.8, 4) is 0 Å². The van der Waals surface area contributed by atoms with Crippen LogP contribution in [0.1, 0.15) is 0 Å². The summed E-state index contributed by atoms with van der Waals surface area (Å²) in [5.74, 6) is 0. The Morgan fingerprint density at radius 3 is 1.67 bits per heavy atom. The van der Waals surface area contributed by atoms with Crippen LogP contribution in [0.3, 0.4) is 0 Å². The summed E-state index contributed by atoms with van der Waals surface area (Å²) in [6.45, 7) is 7.10. The summed E-state index contributed by atoms with van der Waals surface area (Å²) >= 11 is 0. The van der Waals surface area contributed by atoms with E-state index in [9.17, 15) is 0 Å². The molecule has 0 fully saturated rings. The summed E-state index contributed by atoms with van der Waals surface area (Å²) in [6.07, 6.45) is 7.42. The van der Waals surface area contributed by atoms with E-state index in [2.05, 4.69) is 24.6 Å². The highest BCUT2D eigenvalue weighted by molar-refractivity contribution is 6.48. The molecular formula is C8H10Si. The van der Waals surface area contributed by atoms with Crippen LogP contribution < -0.4 is 0 Å². The van der Waals surface area contributed by atoms with Gasteiger partial charge in [-0.15, -0.1) is 0 Å². The first-order valence-electron chi connectivity index (χ1n) is 2.73. The third kappa shape index (κ3) is 7.18. The highest BCUT2D eigenvalue weighted by Crippen LogP contribution is 1.74. The Bertz CT molecular complexity index is 116. The molecule has 0 nitrogen and oxygen atoms in total. The van der Waals surface area contributed by atoms with Crippen molar-refractivity contribution in [1.82, 2.24) is 0 Å². The van der Waals surface area contributed by atoms with Gasteiger partial charge in [0.25, 0.3) is 0 Å². The van der Waals surface area contributed by atoms with E-state index >= 15 is 0 Å². The third-order valence-corrected chi connectivity index (χ3v) is 1.43. The number of rotatable bonds is 4. The van der Waals surface area contributed by atoms with Gasteiger partial charge < -0.3 is 0 Å². The highest BCUT2D eigenvalue weighted by Gasteiger charge is 1.67. The Labute approximate surface area is 59.1 Å².